The summed E-state index contributed by atoms with van der Waals surface area (Å²) in [6.07, 6.45) is 0. The lowest BCUT2D eigenvalue weighted by molar-refractivity contribution is -0.145. The number of aliphatic carboxylic acids is 1. The van der Waals surface area contributed by atoms with Crippen molar-refractivity contribution < 1.29 is 19.4 Å². The highest BCUT2D eigenvalue weighted by molar-refractivity contribution is 5.78. The molecule has 5 heteroatoms. The van der Waals surface area contributed by atoms with Crippen molar-refractivity contribution in [2.45, 2.75) is 26.3 Å². The number of carboxylic acid groups (broad SMARTS) is 1. The molecule has 0 saturated heterocycles. The number of hydrogen-bond acceptors (Lipinski definition) is 4. The lowest BCUT2D eigenvalue weighted by atomic mass is 10.0. The number of carboxylic acids is 1. The Labute approximate surface area is 113 Å². The van der Waals surface area contributed by atoms with Gasteiger partial charge >= 0.3 is 5.97 Å². The second-order valence-corrected chi connectivity index (χ2v) is 4.36. The predicted octanol–water partition coefficient (Wildman–Crippen LogP) is 1.92. The van der Waals surface area contributed by atoms with Crippen LogP contribution in [-0.2, 0) is 4.79 Å². The first-order valence-electron chi connectivity index (χ1n) is 6.36. The molecule has 0 aliphatic rings. The first-order chi connectivity index (χ1) is 9.01. The van der Waals surface area contributed by atoms with Crippen LogP contribution in [0.1, 0.15) is 20.8 Å². The second kappa shape index (κ2) is 6.99. The van der Waals surface area contributed by atoms with E-state index in [2.05, 4.69) is 5.32 Å². The van der Waals surface area contributed by atoms with Gasteiger partial charge < -0.3 is 14.6 Å². The first-order valence-corrected chi connectivity index (χ1v) is 6.36. The van der Waals surface area contributed by atoms with Gasteiger partial charge in [-0.05, 0) is 44.7 Å². The van der Waals surface area contributed by atoms with Gasteiger partial charge in [-0.15, -0.1) is 0 Å². The van der Waals surface area contributed by atoms with Gasteiger partial charge in [0.2, 0.25) is 0 Å². The molecule has 0 amide bonds. The molecule has 1 aromatic rings. The summed E-state index contributed by atoms with van der Waals surface area (Å²) in [4.78, 5) is 11.2. The molecule has 0 heterocycles. The zero-order chi connectivity index (χ0) is 14.3. The van der Waals surface area contributed by atoms with E-state index >= 15 is 0 Å². The highest BCUT2D eigenvalue weighted by atomic mass is 16.5. The van der Waals surface area contributed by atoms with Crippen LogP contribution in [-0.4, -0.2) is 36.4 Å². The highest BCUT2D eigenvalue weighted by Gasteiger charge is 2.33. The Morgan fingerprint density at radius 1 is 1.21 bits per heavy atom. The van der Waals surface area contributed by atoms with Crippen LogP contribution in [0.3, 0.4) is 0 Å². The standard InChI is InChI=1S/C14H21NO4/c1-4-15-14(3,13(16)17)10-19-12-8-6-11(7-9-12)18-5-2/h6-9,15H,4-5,10H2,1-3H3,(H,16,17). The van der Waals surface area contributed by atoms with Crippen LogP contribution in [0.25, 0.3) is 0 Å². The summed E-state index contributed by atoms with van der Waals surface area (Å²) in [5.74, 6) is 0.455. The maximum absolute atomic E-state index is 11.2. The summed E-state index contributed by atoms with van der Waals surface area (Å²) in [5, 5.41) is 12.1. The second-order valence-electron chi connectivity index (χ2n) is 4.36. The van der Waals surface area contributed by atoms with Crippen LogP contribution in [0.4, 0.5) is 0 Å². The average Bonchev–Trinajstić information content (AvgIpc) is 2.38. The minimum absolute atomic E-state index is 0.0597. The molecular weight excluding hydrogens is 246 g/mol. The van der Waals surface area contributed by atoms with E-state index in [4.69, 9.17) is 9.47 Å². The number of nitrogens with one attached hydrogen (secondary N) is 1. The topological polar surface area (TPSA) is 67.8 Å². The van der Waals surface area contributed by atoms with Crippen molar-refractivity contribution >= 4 is 5.97 Å². The van der Waals surface area contributed by atoms with Gasteiger partial charge in [-0.2, -0.15) is 0 Å². The van der Waals surface area contributed by atoms with E-state index in [1.54, 1.807) is 31.2 Å². The third-order valence-electron chi connectivity index (χ3n) is 2.70. The number of ether oxygens (including phenoxy) is 2. The molecule has 19 heavy (non-hydrogen) atoms. The monoisotopic (exact) mass is 267 g/mol. The maximum Gasteiger partial charge on any atom is 0.327 e. The Bertz CT molecular complexity index is 404. The van der Waals surface area contributed by atoms with Gasteiger partial charge in [-0.25, -0.2) is 0 Å². The fraction of sp³-hybridized carbons (Fsp3) is 0.500. The lowest BCUT2D eigenvalue weighted by Crippen LogP contribution is -2.53. The van der Waals surface area contributed by atoms with Crippen LogP contribution in [0.2, 0.25) is 0 Å². The van der Waals surface area contributed by atoms with Crippen molar-refractivity contribution in [3.8, 4) is 11.5 Å². The molecule has 0 aliphatic carbocycles. The van der Waals surface area contributed by atoms with Gasteiger partial charge in [0.05, 0.1) is 6.61 Å². The molecule has 0 bridgehead atoms. The zero-order valence-corrected chi connectivity index (χ0v) is 11.6. The van der Waals surface area contributed by atoms with E-state index in [-0.39, 0.29) is 6.61 Å². The third kappa shape index (κ3) is 4.44. The molecule has 2 N–H and O–H groups in total. The maximum atomic E-state index is 11.2. The van der Waals surface area contributed by atoms with E-state index in [1.165, 1.54) is 0 Å². The first kappa shape index (κ1) is 15.3. The van der Waals surface area contributed by atoms with E-state index in [0.717, 1.165) is 5.75 Å². The minimum atomic E-state index is -1.09. The van der Waals surface area contributed by atoms with Gasteiger partial charge in [0.25, 0.3) is 0 Å². The summed E-state index contributed by atoms with van der Waals surface area (Å²) in [5.41, 5.74) is -1.09. The molecule has 1 rings (SSSR count). The molecule has 0 spiro atoms. The highest BCUT2D eigenvalue weighted by Crippen LogP contribution is 2.18. The van der Waals surface area contributed by atoms with Crippen molar-refractivity contribution in [2.75, 3.05) is 19.8 Å². The number of likely N-dealkylation sites (N-methyl/N-ethyl adjacent to an activating group) is 1. The fourth-order valence-electron chi connectivity index (χ4n) is 1.60. The van der Waals surface area contributed by atoms with Crippen LogP contribution in [0, 0.1) is 0 Å². The minimum Gasteiger partial charge on any atom is -0.494 e. The van der Waals surface area contributed by atoms with Crippen molar-refractivity contribution in [1.29, 1.82) is 0 Å². The summed E-state index contributed by atoms with van der Waals surface area (Å²) < 4.78 is 10.8. The SMILES string of the molecule is CCNC(C)(COc1ccc(OCC)cc1)C(=O)O. The average molecular weight is 267 g/mol. The van der Waals surface area contributed by atoms with Crippen molar-refractivity contribution in [3.05, 3.63) is 24.3 Å². The Morgan fingerprint density at radius 2 is 1.74 bits per heavy atom. The Morgan fingerprint density at radius 3 is 2.16 bits per heavy atom. The van der Waals surface area contributed by atoms with Gasteiger partial charge in [-0.1, -0.05) is 6.92 Å². The largest absolute Gasteiger partial charge is 0.494 e. The van der Waals surface area contributed by atoms with E-state index < -0.39 is 11.5 Å². The molecule has 5 nitrogen and oxygen atoms in total. The lowest BCUT2D eigenvalue weighted by Gasteiger charge is -2.25. The summed E-state index contributed by atoms with van der Waals surface area (Å²) in [7, 11) is 0. The Hall–Kier alpha value is -1.75. The summed E-state index contributed by atoms with van der Waals surface area (Å²) >= 11 is 0. The van der Waals surface area contributed by atoms with Crippen LogP contribution < -0.4 is 14.8 Å². The van der Waals surface area contributed by atoms with Crippen molar-refractivity contribution in [2.24, 2.45) is 0 Å². The van der Waals surface area contributed by atoms with Crippen LogP contribution in [0.15, 0.2) is 24.3 Å². The quantitative estimate of drug-likeness (QED) is 0.753. The van der Waals surface area contributed by atoms with Crippen molar-refractivity contribution in [1.82, 2.24) is 5.32 Å². The van der Waals surface area contributed by atoms with Gasteiger partial charge in [0.1, 0.15) is 23.6 Å². The molecule has 0 fully saturated rings. The van der Waals surface area contributed by atoms with Crippen LogP contribution in [0.5, 0.6) is 11.5 Å². The Kier molecular flexibility index (Phi) is 5.63. The van der Waals surface area contributed by atoms with Gasteiger partial charge in [0.15, 0.2) is 0 Å². The number of rotatable bonds is 8. The molecule has 0 aromatic heterocycles. The van der Waals surface area contributed by atoms with Gasteiger partial charge in [-0.3, -0.25) is 10.1 Å². The zero-order valence-electron chi connectivity index (χ0n) is 11.6. The molecular formula is C14H21NO4. The molecule has 0 saturated carbocycles. The predicted molar refractivity (Wildman–Crippen MR) is 72.8 cm³/mol. The van der Waals surface area contributed by atoms with E-state index in [0.29, 0.717) is 18.9 Å². The molecule has 1 aromatic carbocycles. The summed E-state index contributed by atoms with van der Waals surface area (Å²) in [6.45, 7) is 6.61. The molecule has 0 radical (unpaired) electrons. The molecule has 0 aliphatic heterocycles. The molecule has 1 unspecified atom stereocenters. The van der Waals surface area contributed by atoms with E-state index in [1.807, 2.05) is 13.8 Å². The fourth-order valence-corrected chi connectivity index (χ4v) is 1.60. The van der Waals surface area contributed by atoms with Gasteiger partial charge in [0, 0.05) is 0 Å². The number of carbonyl (C=O) groups is 1. The Balaban J connectivity index is 2.61. The van der Waals surface area contributed by atoms with Crippen LogP contribution >= 0.6 is 0 Å². The molecule has 106 valence electrons. The normalized spacial score (nSPS) is 13.6. The third-order valence-corrected chi connectivity index (χ3v) is 2.70. The van der Waals surface area contributed by atoms with E-state index in [9.17, 15) is 9.90 Å². The summed E-state index contributed by atoms with van der Waals surface area (Å²) in [6, 6.07) is 7.12. The number of hydrogen-bond donors (Lipinski definition) is 2. The number of benzene rings is 1. The molecule has 1 atom stereocenters. The smallest absolute Gasteiger partial charge is 0.327 e. The van der Waals surface area contributed by atoms with Crippen molar-refractivity contribution in [3.63, 3.8) is 0 Å².